The average molecular weight is 302 g/mol. The molecule has 1 fully saturated rings. The van der Waals surface area contributed by atoms with Crippen molar-refractivity contribution in [1.29, 1.82) is 0 Å². The van der Waals surface area contributed by atoms with E-state index in [0.29, 0.717) is 18.6 Å². The number of hydrogen-bond donors (Lipinski definition) is 0. The summed E-state index contributed by atoms with van der Waals surface area (Å²) in [5.41, 5.74) is 4.04. The summed E-state index contributed by atoms with van der Waals surface area (Å²) in [5, 5.41) is 0. The fourth-order valence-electron chi connectivity index (χ4n) is 3.53. The summed E-state index contributed by atoms with van der Waals surface area (Å²) in [6, 6.07) is 4.53. The lowest BCUT2D eigenvalue weighted by atomic mass is 9.97. The molecule has 0 bridgehead atoms. The molecule has 2 aliphatic heterocycles. The van der Waals surface area contributed by atoms with Gasteiger partial charge >= 0.3 is 0 Å². The quantitative estimate of drug-likeness (QED) is 0.854. The molecule has 2 heterocycles. The zero-order valence-electron chi connectivity index (χ0n) is 13.7. The van der Waals surface area contributed by atoms with Crippen molar-refractivity contribution in [3.8, 4) is 5.75 Å². The number of nitrogens with zero attached hydrogens (tertiary/aromatic N) is 2. The molecule has 0 saturated carbocycles. The summed E-state index contributed by atoms with van der Waals surface area (Å²) in [6.07, 6.45) is 4.77. The molecule has 4 nitrogen and oxygen atoms in total. The first-order valence-corrected chi connectivity index (χ1v) is 8.32. The number of ether oxygens (including phenoxy) is 1. The number of hydrogen-bond acceptors (Lipinski definition) is 4. The van der Waals surface area contributed by atoms with E-state index in [1.807, 2.05) is 0 Å². The number of methoxy groups -OCH3 is 1. The van der Waals surface area contributed by atoms with Crippen LogP contribution in [0.5, 0.6) is 5.75 Å². The second-order valence-electron chi connectivity index (χ2n) is 6.45. The van der Waals surface area contributed by atoms with Crippen molar-refractivity contribution in [2.24, 2.45) is 0 Å². The Balaban J connectivity index is 1.72. The van der Waals surface area contributed by atoms with Crippen LogP contribution in [0, 0.1) is 0 Å². The van der Waals surface area contributed by atoms with Gasteiger partial charge in [-0.25, -0.2) is 0 Å². The average Bonchev–Trinajstić information content (AvgIpc) is 2.54. The molecule has 0 aliphatic carbocycles. The van der Waals surface area contributed by atoms with E-state index >= 15 is 0 Å². The summed E-state index contributed by atoms with van der Waals surface area (Å²) in [6.45, 7) is 3.96. The van der Waals surface area contributed by atoms with Crippen LogP contribution in [-0.4, -0.2) is 51.0 Å². The van der Waals surface area contributed by atoms with Crippen molar-refractivity contribution in [3.05, 3.63) is 23.3 Å². The molecule has 0 amide bonds. The molecule has 1 saturated heterocycles. The van der Waals surface area contributed by atoms with E-state index in [9.17, 15) is 4.79 Å². The maximum Gasteiger partial charge on any atom is 0.135 e. The number of likely N-dealkylation sites (tertiary alicyclic amines) is 1. The molecule has 0 aromatic heterocycles. The smallest absolute Gasteiger partial charge is 0.135 e. The van der Waals surface area contributed by atoms with Crippen LogP contribution < -0.4 is 9.64 Å². The number of anilines is 1. The van der Waals surface area contributed by atoms with Gasteiger partial charge in [0.1, 0.15) is 11.5 Å². The van der Waals surface area contributed by atoms with E-state index in [1.54, 1.807) is 7.11 Å². The topological polar surface area (TPSA) is 32.8 Å². The first-order valence-electron chi connectivity index (χ1n) is 8.32. The van der Waals surface area contributed by atoms with E-state index in [2.05, 4.69) is 29.0 Å². The molecule has 1 aromatic rings. The van der Waals surface area contributed by atoms with Gasteiger partial charge in [0.25, 0.3) is 0 Å². The highest BCUT2D eigenvalue weighted by atomic mass is 16.5. The van der Waals surface area contributed by atoms with Crippen LogP contribution in [0.1, 0.15) is 30.4 Å². The van der Waals surface area contributed by atoms with Gasteiger partial charge in [-0.05, 0) is 42.5 Å². The maximum absolute atomic E-state index is 11.3. The molecule has 1 aromatic carbocycles. The number of ketones is 1. The summed E-state index contributed by atoms with van der Waals surface area (Å²) in [7, 11) is 3.93. The SMILES string of the molecule is COc1cc2c(cc1CCN1CCC(=O)CC1)N(C)CCC2. The molecule has 0 atom stereocenters. The third-order valence-corrected chi connectivity index (χ3v) is 4.94. The molecule has 0 N–H and O–H groups in total. The lowest BCUT2D eigenvalue weighted by Crippen LogP contribution is -2.35. The lowest BCUT2D eigenvalue weighted by Gasteiger charge is -2.30. The Morgan fingerprint density at radius 2 is 1.91 bits per heavy atom. The molecular weight excluding hydrogens is 276 g/mol. The zero-order valence-corrected chi connectivity index (χ0v) is 13.7. The van der Waals surface area contributed by atoms with Crippen molar-refractivity contribution < 1.29 is 9.53 Å². The van der Waals surface area contributed by atoms with Crippen molar-refractivity contribution in [2.45, 2.75) is 32.1 Å². The second kappa shape index (κ2) is 6.69. The summed E-state index contributed by atoms with van der Waals surface area (Å²) < 4.78 is 5.61. The van der Waals surface area contributed by atoms with Crippen molar-refractivity contribution in [1.82, 2.24) is 4.90 Å². The van der Waals surface area contributed by atoms with Gasteiger partial charge in [-0.15, -0.1) is 0 Å². The predicted molar refractivity (Wildman–Crippen MR) is 89.0 cm³/mol. The molecule has 0 spiro atoms. The highest BCUT2D eigenvalue weighted by Gasteiger charge is 2.19. The van der Waals surface area contributed by atoms with Gasteiger partial charge in [0, 0.05) is 51.8 Å². The zero-order chi connectivity index (χ0) is 15.5. The fraction of sp³-hybridized carbons (Fsp3) is 0.611. The molecule has 22 heavy (non-hydrogen) atoms. The minimum atomic E-state index is 0.407. The van der Waals surface area contributed by atoms with Crippen LogP contribution in [0.4, 0.5) is 5.69 Å². The van der Waals surface area contributed by atoms with Crippen molar-refractivity contribution >= 4 is 11.5 Å². The highest BCUT2D eigenvalue weighted by molar-refractivity contribution is 5.79. The van der Waals surface area contributed by atoms with Gasteiger partial charge in [0.15, 0.2) is 0 Å². The normalized spacial score (nSPS) is 19.2. The third-order valence-electron chi connectivity index (χ3n) is 4.94. The van der Waals surface area contributed by atoms with Crippen LogP contribution in [0.15, 0.2) is 12.1 Å². The van der Waals surface area contributed by atoms with Gasteiger partial charge in [-0.3, -0.25) is 4.79 Å². The largest absolute Gasteiger partial charge is 0.496 e. The molecule has 0 unspecified atom stereocenters. The lowest BCUT2D eigenvalue weighted by molar-refractivity contribution is -0.121. The minimum Gasteiger partial charge on any atom is -0.496 e. The number of benzene rings is 1. The Kier molecular flexibility index (Phi) is 4.67. The first kappa shape index (κ1) is 15.3. The Morgan fingerprint density at radius 1 is 1.14 bits per heavy atom. The molecule has 4 heteroatoms. The Morgan fingerprint density at radius 3 is 2.64 bits per heavy atom. The standard InChI is InChI=1S/C18H26N2O2/c1-19-8-3-4-14-13-18(22-2)15(12-17(14)19)5-9-20-10-6-16(21)7-11-20/h12-13H,3-11H2,1-2H3. The van der Waals surface area contributed by atoms with Gasteiger partial charge in [-0.1, -0.05) is 0 Å². The second-order valence-corrected chi connectivity index (χ2v) is 6.45. The monoisotopic (exact) mass is 302 g/mol. The third kappa shape index (κ3) is 3.27. The summed E-state index contributed by atoms with van der Waals surface area (Å²) in [5.74, 6) is 1.42. The van der Waals surface area contributed by atoms with Crippen LogP contribution >= 0.6 is 0 Å². The number of piperidine rings is 1. The summed E-state index contributed by atoms with van der Waals surface area (Å²) in [4.78, 5) is 16.1. The van der Waals surface area contributed by atoms with Gasteiger partial charge in [-0.2, -0.15) is 0 Å². The molecular formula is C18H26N2O2. The number of fused-ring (bicyclic) bond motifs is 1. The molecule has 120 valence electrons. The highest BCUT2D eigenvalue weighted by Crippen LogP contribution is 2.33. The predicted octanol–water partition coefficient (Wildman–Crippen LogP) is 2.29. The number of Topliss-reactive ketones (excluding diaryl/α,β-unsaturated/α-hetero) is 1. The van der Waals surface area contributed by atoms with Gasteiger partial charge in [0.2, 0.25) is 0 Å². The number of carbonyl (C=O) groups excluding carboxylic acids is 1. The van der Waals surface area contributed by atoms with Crippen molar-refractivity contribution in [2.75, 3.05) is 45.2 Å². The Bertz CT molecular complexity index is 546. The van der Waals surface area contributed by atoms with Crippen LogP contribution in [-0.2, 0) is 17.6 Å². The summed E-state index contributed by atoms with van der Waals surface area (Å²) >= 11 is 0. The van der Waals surface area contributed by atoms with Crippen molar-refractivity contribution in [3.63, 3.8) is 0 Å². The van der Waals surface area contributed by atoms with E-state index in [1.165, 1.54) is 23.2 Å². The van der Waals surface area contributed by atoms with Crippen LogP contribution in [0.25, 0.3) is 0 Å². The van der Waals surface area contributed by atoms with Crippen LogP contribution in [0.3, 0.4) is 0 Å². The van der Waals surface area contributed by atoms with E-state index in [4.69, 9.17) is 4.74 Å². The van der Waals surface area contributed by atoms with E-state index < -0.39 is 0 Å². The number of carbonyl (C=O) groups is 1. The van der Waals surface area contributed by atoms with E-state index in [0.717, 1.165) is 44.8 Å². The number of rotatable bonds is 4. The van der Waals surface area contributed by atoms with Gasteiger partial charge in [0.05, 0.1) is 7.11 Å². The first-order chi connectivity index (χ1) is 10.7. The Hall–Kier alpha value is -1.55. The maximum atomic E-state index is 11.3. The van der Waals surface area contributed by atoms with E-state index in [-0.39, 0.29) is 0 Å². The minimum absolute atomic E-state index is 0.407. The van der Waals surface area contributed by atoms with Crippen LogP contribution in [0.2, 0.25) is 0 Å². The molecule has 0 radical (unpaired) electrons. The Labute approximate surface area is 133 Å². The molecule has 3 rings (SSSR count). The van der Waals surface area contributed by atoms with Gasteiger partial charge < -0.3 is 14.5 Å². The number of aryl methyl sites for hydroxylation is 1. The molecule has 2 aliphatic rings. The fourth-order valence-corrected chi connectivity index (χ4v) is 3.53.